The molecule has 7 heteroatoms. The summed E-state index contributed by atoms with van der Waals surface area (Å²) in [6, 6.07) is 3.34. The smallest absolute Gasteiger partial charge is 0.319 e. The van der Waals surface area contributed by atoms with Crippen LogP contribution in [0.2, 0.25) is 5.15 Å². The van der Waals surface area contributed by atoms with E-state index in [0.717, 1.165) is 6.42 Å². The molecule has 1 aromatic rings. The number of hydrogen-bond donors (Lipinski definition) is 1. The number of nitrogens with zero attached hydrogens (tertiary/aromatic N) is 2. The van der Waals surface area contributed by atoms with Crippen LogP contribution in [0.15, 0.2) is 18.3 Å². The zero-order valence-electron chi connectivity index (χ0n) is 11.6. The van der Waals surface area contributed by atoms with Gasteiger partial charge < -0.3 is 10.1 Å². The number of aromatic nitrogens is 1. The number of ether oxygens (including phenoxy) is 1. The lowest BCUT2D eigenvalue weighted by Crippen LogP contribution is -2.37. The second-order valence-electron chi connectivity index (χ2n) is 4.18. The normalized spacial score (nSPS) is 10.4. The highest BCUT2D eigenvalue weighted by atomic mass is 35.5. The number of amides is 1. The van der Waals surface area contributed by atoms with Crippen LogP contribution < -0.4 is 5.32 Å². The number of carbonyl (C=O) groups excluding carboxylic acids is 2. The van der Waals surface area contributed by atoms with Gasteiger partial charge in [-0.2, -0.15) is 0 Å². The van der Waals surface area contributed by atoms with E-state index in [0.29, 0.717) is 12.2 Å². The molecule has 0 saturated carbocycles. The number of carbonyl (C=O) groups is 2. The van der Waals surface area contributed by atoms with Crippen molar-refractivity contribution in [2.24, 2.45) is 0 Å². The van der Waals surface area contributed by atoms with Crippen molar-refractivity contribution in [2.75, 3.05) is 32.1 Å². The standard InChI is InChI=1S/C13H18ClN3O3/c1-3-7-17(9-12(19)20-2)8-11(18)16-10-5-4-6-15-13(10)14/h4-6H,3,7-9H2,1-2H3,(H,16,18). The Labute approximate surface area is 123 Å². The maximum atomic E-state index is 11.9. The maximum Gasteiger partial charge on any atom is 0.319 e. The lowest BCUT2D eigenvalue weighted by molar-refractivity contribution is -0.142. The van der Waals surface area contributed by atoms with Crippen molar-refractivity contribution in [3.8, 4) is 0 Å². The monoisotopic (exact) mass is 299 g/mol. The Morgan fingerprint density at radius 2 is 2.20 bits per heavy atom. The molecular weight excluding hydrogens is 282 g/mol. The number of methoxy groups -OCH3 is 1. The molecule has 110 valence electrons. The SMILES string of the molecule is CCCN(CC(=O)Nc1cccnc1Cl)CC(=O)OC. The number of nitrogens with one attached hydrogen (secondary N) is 1. The summed E-state index contributed by atoms with van der Waals surface area (Å²) in [6.07, 6.45) is 2.37. The average Bonchev–Trinajstić information content (AvgIpc) is 2.41. The van der Waals surface area contributed by atoms with Gasteiger partial charge >= 0.3 is 5.97 Å². The number of anilines is 1. The minimum atomic E-state index is -0.370. The minimum absolute atomic E-state index is 0.0819. The number of rotatable bonds is 7. The average molecular weight is 300 g/mol. The van der Waals surface area contributed by atoms with E-state index < -0.39 is 0 Å². The van der Waals surface area contributed by atoms with Gasteiger partial charge in [-0.05, 0) is 25.1 Å². The summed E-state index contributed by atoms with van der Waals surface area (Å²) in [6.45, 7) is 2.77. The predicted molar refractivity (Wildman–Crippen MR) is 76.6 cm³/mol. The van der Waals surface area contributed by atoms with Gasteiger partial charge in [-0.3, -0.25) is 14.5 Å². The molecule has 1 rings (SSSR count). The van der Waals surface area contributed by atoms with Crippen molar-refractivity contribution in [3.05, 3.63) is 23.5 Å². The summed E-state index contributed by atoms with van der Waals surface area (Å²) < 4.78 is 4.60. The van der Waals surface area contributed by atoms with Gasteiger partial charge in [-0.15, -0.1) is 0 Å². The number of halogens is 1. The van der Waals surface area contributed by atoms with Crippen LogP contribution in [-0.4, -0.2) is 48.5 Å². The number of pyridine rings is 1. The van der Waals surface area contributed by atoms with Crippen molar-refractivity contribution in [1.82, 2.24) is 9.88 Å². The molecule has 0 spiro atoms. The molecular formula is C13H18ClN3O3. The molecule has 20 heavy (non-hydrogen) atoms. The molecule has 1 N–H and O–H groups in total. The van der Waals surface area contributed by atoms with Gasteiger partial charge in [0.2, 0.25) is 5.91 Å². The fourth-order valence-corrected chi connectivity index (χ4v) is 1.82. The highest BCUT2D eigenvalue weighted by molar-refractivity contribution is 6.32. The van der Waals surface area contributed by atoms with Gasteiger partial charge in [-0.1, -0.05) is 18.5 Å². The molecule has 6 nitrogen and oxygen atoms in total. The van der Waals surface area contributed by atoms with Gasteiger partial charge in [0, 0.05) is 6.20 Å². The van der Waals surface area contributed by atoms with E-state index in [4.69, 9.17) is 11.6 Å². The summed E-state index contributed by atoms with van der Waals surface area (Å²) >= 11 is 5.86. The Morgan fingerprint density at radius 1 is 1.45 bits per heavy atom. The summed E-state index contributed by atoms with van der Waals surface area (Å²) in [7, 11) is 1.32. The lowest BCUT2D eigenvalue weighted by Gasteiger charge is -2.19. The fourth-order valence-electron chi connectivity index (χ4n) is 1.65. The molecule has 0 aromatic carbocycles. The van der Waals surface area contributed by atoms with Crippen LogP contribution in [0.5, 0.6) is 0 Å². The third-order valence-electron chi connectivity index (χ3n) is 2.52. The first-order valence-corrected chi connectivity index (χ1v) is 6.64. The zero-order chi connectivity index (χ0) is 15.0. The molecule has 0 atom stereocenters. The molecule has 0 fully saturated rings. The van der Waals surface area contributed by atoms with E-state index in [-0.39, 0.29) is 30.1 Å². The molecule has 1 aromatic heterocycles. The molecule has 1 amide bonds. The van der Waals surface area contributed by atoms with Gasteiger partial charge in [0.15, 0.2) is 5.15 Å². The van der Waals surface area contributed by atoms with Crippen LogP contribution in [0.3, 0.4) is 0 Å². The molecule has 0 aliphatic rings. The van der Waals surface area contributed by atoms with Crippen LogP contribution >= 0.6 is 11.6 Å². The lowest BCUT2D eigenvalue weighted by atomic mass is 10.3. The van der Waals surface area contributed by atoms with Crippen molar-refractivity contribution < 1.29 is 14.3 Å². The van der Waals surface area contributed by atoms with Crippen LogP contribution in [0.4, 0.5) is 5.69 Å². The zero-order valence-corrected chi connectivity index (χ0v) is 12.3. The molecule has 0 bridgehead atoms. The molecule has 1 heterocycles. The van der Waals surface area contributed by atoms with Gasteiger partial charge in [-0.25, -0.2) is 4.98 Å². The Kier molecular flexibility index (Phi) is 6.97. The van der Waals surface area contributed by atoms with E-state index in [1.54, 1.807) is 23.2 Å². The molecule has 0 saturated heterocycles. The first kappa shape index (κ1) is 16.4. The van der Waals surface area contributed by atoms with Crippen LogP contribution in [0.25, 0.3) is 0 Å². The predicted octanol–water partition coefficient (Wildman–Crippen LogP) is 1.56. The minimum Gasteiger partial charge on any atom is -0.468 e. The van der Waals surface area contributed by atoms with Gasteiger partial charge in [0.05, 0.1) is 25.9 Å². The quantitative estimate of drug-likeness (QED) is 0.611. The van der Waals surface area contributed by atoms with Gasteiger partial charge in [0.1, 0.15) is 0 Å². The highest BCUT2D eigenvalue weighted by Crippen LogP contribution is 2.17. The largest absolute Gasteiger partial charge is 0.468 e. The van der Waals surface area contributed by atoms with Crippen molar-refractivity contribution in [3.63, 3.8) is 0 Å². The second-order valence-corrected chi connectivity index (χ2v) is 4.53. The fraction of sp³-hybridized carbons (Fsp3) is 0.462. The van der Waals surface area contributed by atoms with E-state index >= 15 is 0 Å². The molecule has 0 aliphatic heterocycles. The van der Waals surface area contributed by atoms with Crippen molar-refractivity contribution in [2.45, 2.75) is 13.3 Å². The van der Waals surface area contributed by atoms with E-state index in [9.17, 15) is 9.59 Å². The Balaban J connectivity index is 2.57. The van der Waals surface area contributed by atoms with Crippen LogP contribution in [0.1, 0.15) is 13.3 Å². The van der Waals surface area contributed by atoms with Gasteiger partial charge in [0.25, 0.3) is 0 Å². The van der Waals surface area contributed by atoms with Crippen molar-refractivity contribution in [1.29, 1.82) is 0 Å². The van der Waals surface area contributed by atoms with Crippen LogP contribution in [-0.2, 0) is 14.3 Å². The summed E-state index contributed by atoms with van der Waals surface area (Å²) in [4.78, 5) is 28.8. The molecule has 0 radical (unpaired) electrons. The number of esters is 1. The first-order valence-electron chi connectivity index (χ1n) is 6.26. The summed E-state index contributed by atoms with van der Waals surface area (Å²) in [5, 5.41) is 2.90. The van der Waals surface area contributed by atoms with Crippen LogP contribution in [0, 0.1) is 0 Å². The molecule has 0 unspecified atom stereocenters. The molecule has 0 aliphatic carbocycles. The number of hydrogen-bond acceptors (Lipinski definition) is 5. The van der Waals surface area contributed by atoms with E-state index in [1.807, 2.05) is 6.92 Å². The van der Waals surface area contributed by atoms with Crippen molar-refractivity contribution >= 4 is 29.2 Å². The summed E-state index contributed by atoms with van der Waals surface area (Å²) in [5.74, 6) is -0.622. The van der Waals surface area contributed by atoms with E-state index in [1.165, 1.54) is 7.11 Å². The maximum absolute atomic E-state index is 11.9. The second kappa shape index (κ2) is 8.50. The Hall–Kier alpha value is -1.66. The first-order chi connectivity index (χ1) is 9.56. The Morgan fingerprint density at radius 3 is 2.80 bits per heavy atom. The topological polar surface area (TPSA) is 71.5 Å². The third-order valence-corrected chi connectivity index (χ3v) is 2.82. The Bertz CT molecular complexity index is 468. The third kappa shape index (κ3) is 5.54. The highest BCUT2D eigenvalue weighted by Gasteiger charge is 2.15. The summed E-state index contributed by atoms with van der Waals surface area (Å²) in [5.41, 5.74) is 0.452. The van der Waals surface area contributed by atoms with E-state index in [2.05, 4.69) is 15.0 Å².